The standard InChI is InChI=1S/C24H23F3N2O5S/c1-3-4-16-18(10-9-17-19(16)34-29-21(17)24(25,26)27)33-13(2)11-12-32-15-7-5-14(6-8-15)20-22(30)28-23(31)35-20/h5-10,13,20H,3-4,11-12H2,1-2H3,(H,28,30,31). The third-order valence-electron chi connectivity index (χ3n) is 5.46. The zero-order chi connectivity index (χ0) is 25.2. The van der Waals surface area contributed by atoms with Gasteiger partial charge in [0.15, 0.2) is 11.3 Å². The summed E-state index contributed by atoms with van der Waals surface area (Å²) in [6.45, 7) is 4.10. The number of fused-ring (bicyclic) bond motifs is 1. The van der Waals surface area contributed by atoms with Gasteiger partial charge in [-0.3, -0.25) is 14.9 Å². The van der Waals surface area contributed by atoms with E-state index in [0.717, 1.165) is 11.8 Å². The summed E-state index contributed by atoms with van der Waals surface area (Å²) in [5, 5.41) is 4.49. The minimum atomic E-state index is -4.60. The number of halogens is 3. The summed E-state index contributed by atoms with van der Waals surface area (Å²) in [7, 11) is 0. The number of imide groups is 1. The molecule has 2 atom stereocenters. The van der Waals surface area contributed by atoms with Crippen LogP contribution in [0, 0.1) is 0 Å². The van der Waals surface area contributed by atoms with Crippen LogP contribution in [0.3, 0.4) is 0 Å². The number of carbonyl (C=O) groups excluding carboxylic acids is 2. The number of carbonyl (C=O) groups is 2. The first kappa shape index (κ1) is 24.9. The Morgan fingerprint density at radius 1 is 1.17 bits per heavy atom. The Hall–Kier alpha value is -3.21. The molecule has 0 bridgehead atoms. The van der Waals surface area contributed by atoms with E-state index in [0.29, 0.717) is 48.5 Å². The topological polar surface area (TPSA) is 90.7 Å². The van der Waals surface area contributed by atoms with Gasteiger partial charge < -0.3 is 14.0 Å². The lowest BCUT2D eigenvalue weighted by atomic mass is 10.0. The van der Waals surface area contributed by atoms with E-state index in [4.69, 9.17) is 14.0 Å². The van der Waals surface area contributed by atoms with Gasteiger partial charge in [-0.15, -0.1) is 0 Å². The molecule has 1 aromatic heterocycles. The number of thioether (sulfide) groups is 1. The Labute approximate surface area is 203 Å². The number of ether oxygens (including phenoxy) is 2. The molecular formula is C24H23F3N2O5S. The first-order chi connectivity index (χ1) is 16.7. The number of nitrogens with one attached hydrogen (secondary N) is 1. The maximum Gasteiger partial charge on any atom is 0.437 e. The van der Waals surface area contributed by atoms with Crippen molar-refractivity contribution in [1.82, 2.24) is 10.5 Å². The molecule has 11 heteroatoms. The van der Waals surface area contributed by atoms with Crippen molar-refractivity contribution in [2.24, 2.45) is 0 Å². The fourth-order valence-electron chi connectivity index (χ4n) is 3.78. The van der Waals surface area contributed by atoms with Gasteiger partial charge in [-0.1, -0.05) is 30.6 Å². The maximum atomic E-state index is 13.2. The monoisotopic (exact) mass is 508 g/mol. The molecule has 1 saturated heterocycles. The highest BCUT2D eigenvalue weighted by molar-refractivity contribution is 8.15. The number of benzene rings is 2. The van der Waals surface area contributed by atoms with Crippen molar-refractivity contribution < 1.29 is 36.8 Å². The smallest absolute Gasteiger partial charge is 0.437 e. The first-order valence-corrected chi connectivity index (χ1v) is 11.9. The number of aryl methyl sites for hydroxylation is 1. The molecule has 1 aliphatic rings. The van der Waals surface area contributed by atoms with E-state index in [1.54, 1.807) is 24.3 Å². The Morgan fingerprint density at radius 3 is 2.54 bits per heavy atom. The summed E-state index contributed by atoms with van der Waals surface area (Å²) < 4.78 is 56.4. The number of nitrogens with zero attached hydrogens (tertiary/aromatic N) is 1. The van der Waals surface area contributed by atoms with Gasteiger partial charge >= 0.3 is 6.18 Å². The fourth-order valence-corrected chi connectivity index (χ4v) is 4.61. The molecule has 1 aliphatic heterocycles. The minimum Gasteiger partial charge on any atom is -0.493 e. The molecule has 7 nitrogen and oxygen atoms in total. The molecule has 2 aromatic carbocycles. The molecule has 0 aliphatic carbocycles. The highest BCUT2D eigenvalue weighted by Gasteiger charge is 2.38. The number of amides is 2. The Bertz CT molecular complexity index is 1230. The second-order valence-electron chi connectivity index (χ2n) is 8.11. The highest BCUT2D eigenvalue weighted by atomic mass is 32.2. The second kappa shape index (κ2) is 10.2. The van der Waals surface area contributed by atoms with E-state index in [9.17, 15) is 22.8 Å². The zero-order valence-corrected chi connectivity index (χ0v) is 19.8. The van der Waals surface area contributed by atoms with Crippen LogP contribution in [0.5, 0.6) is 11.5 Å². The molecular weight excluding hydrogens is 485 g/mol. The van der Waals surface area contributed by atoms with Gasteiger partial charge in [0.05, 0.1) is 18.1 Å². The van der Waals surface area contributed by atoms with Crippen molar-refractivity contribution >= 4 is 33.9 Å². The number of hydrogen-bond acceptors (Lipinski definition) is 7. The van der Waals surface area contributed by atoms with Gasteiger partial charge in [0.25, 0.3) is 5.24 Å². The number of hydrogen-bond donors (Lipinski definition) is 1. The van der Waals surface area contributed by atoms with Crippen LogP contribution in [0.2, 0.25) is 0 Å². The molecule has 4 rings (SSSR count). The normalized spacial score (nSPS) is 17.0. The van der Waals surface area contributed by atoms with Crippen LogP contribution >= 0.6 is 11.8 Å². The lowest BCUT2D eigenvalue weighted by Gasteiger charge is -2.18. The summed E-state index contributed by atoms with van der Waals surface area (Å²) >= 11 is 0.940. The molecule has 0 saturated carbocycles. The molecule has 186 valence electrons. The number of aromatic nitrogens is 1. The van der Waals surface area contributed by atoms with Crippen molar-refractivity contribution in [2.75, 3.05) is 6.61 Å². The second-order valence-corrected chi connectivity index (χ2v) is 9.19. The molecule has 0 spiro atoms. The van der Waals surface area contributed by atoms with E-state index < -0.39 is 17.1 Å². The van der Waals surface area contributed by atoms with Crippen molar-refractivity contribution in [3.63, 3.8) is 0 Å². The highest BCUT2D eigenvalue weighted by Crippen LogP contribution is 2.38. The minimum absolute atomic E-state index is 0.0782. The van der Waals surface area contributed by atoms with E-state index in [1.165, 1.54) is 12.1 Å². The van der Waals surface area contributed by atoms with Crippen molar-refractivity contribution in [1.29, 1.82) is 0 Å². The summed E-state index contributed by atoms with van der Waals surface area (Å²) in [6, 6.07) is 9.79. The van der Waals surface area contributed by atoms with E-state index in [1.807, 2.05) is 13.8 Å². The molecule has 0 radical (unpaired) electrons. The van der Waals surface area contributed by atoms with Crippen molar-refractivity contribution in [3.05, 3.63) is 53.2 Å². The van der Waals surface area contributed by atoms with Crippen LogP contribution in [0.25, 0.3) is 11.0 Å². The van der Waals surface area contributed by atoms with Crippen LogP contribution in [-0.4, -0.2) is 29.0 Å². The van der Waals surface area contributed by atoms with Crippen LogP contribution < -0.4 is 14.8 Å². The Morgan fingerprint density at radius 2 is 1.91 bits per heavy atom. The largest absolute Gasteiger partial charge is 0.493 e. The Balaban J connectivity index is 1.36. The third-order valence-corrected chi connectivity index (χ3v) is 6.50. The molecule has 1 fully saturated rings. The van der Waals surface area contributed by atoms with Crippen LogP contribution in [-0.2, 0) is 17.4 Å². The molecule has 2 heterocycles. The maximum absolute atomic E-state index is 13.2. The molecule has 2 unspecified atom stereocenters. The lowest BCUT2D eigenvalue weighted by Crippen LogP contribution is -2.20. The van der Waals surface area contributed by atoms with Crippen LogP contribution in [0.4, 0.5) is 18.0 Å². The SMILES string of the molecule is CCCc1c(OC(C)CCOc2ccc(C3SC(=O)NC3=O)cc2)ccc2c(C(F)(F)F)noc12. The van der Waals surface area contributed by atoms with Gasteiger partial charge in [-0.25, -0.2) is 0 Å². The summed E-state index contributed by atoms with van der Waals surface area (Å²) in [5.41, 5.74) is 0.324. The van der Waals surface area contributed by atoms with Gasteiger partial charge in [-0.2, -0.15) is 13.2 Å². The lowest BCUT2D eigenvalue weighted by molar-refractivity contribution is -0.141. The van der Waals surface area contributed by atoms with Gasteiger partial charge in [0.2, 0.25) is 5.91 Å². The predicted molar refractivity (Wildman–Crippen MR) is 124 cm³/mol. The quantitative estimate of drug-likeness (QED) is 0.376. The Kier molecular flexibility index (Phi) is 7.25. The number of alkyl halides is 3. The number of rotatable bonds is 9. The molecule has 3 aromatic rings. The zero-order valence-electron chi connectivity index (χ0n) is 19.0. The van der Waals surface area contributed by atoms with Crippen LogP contribution in [0.15, 0.2) is 40.9 Å². The summed E-state index contributed by atoms with van der Waals surface area (Å²) in [5.74, 6) is 0.730. The van der Waals surface area contributed by atoms with Gasteiger partial charge in [0, 0.05) is 12.0 Å². The van der Waals surface area contributed by atoms with E-state index in [2.05, 4.69) is 10.5 Å². The van der Waals surface area contributed by atoms with E-state index >= 15 is 0 Å². The van der Waals surface area contributed by atoms with Crippen molar-refractivity contribution in [3.8, 4) is 11.5 Å². The molecule has 1 N–H and O–H groups in total. The molecule has 2 amide bonds. The summed E-state index contributed by atoms with van der Waals surface area (Å²) in [6.07, 6.45) is -3.18. The summed E-state index contributed by atoms with van der Waals surface area (Å²) in [4.78, 5) is 23.1. The average Bonchev–Trinajstić information content (AvgIpc) is 3.38. The average molecular weight is 509 g/mol. The third kappa shape index (κ3) is 5.55. The van der Waals surface area contributed by atoms with Crippen LogP contribution in [0.1, 0.15) is 48.8 Å². The first-order valence-electron chi connectivity index (χ1n) is 11.1. The predicted octanol–water partition coefficient (Wildman–Crippen LogP) is 6.06. The molecule has 35 heavy (non-hydrogen) atoms. The van der Waals surface area contributed by atoms with E-state index in [-0.39, 0.29) is 28.2 Å². The van der Waals surface area contributed by atoms with Gasteiger partial charge in [0.1, 0.15) is 16.7 Å². The van der Waals surface area contributed by atoms with Crippen molar-refractivity contribution in [2.45, 2.75) is 50.6 Å². The van der Waals surface area contributed by atoms with Gasteiger partial charge in [-0.05, 0) is 54.9 Å². The fraction of sp³-hybridized carbons (Fsp3) is 0.375.